The Kier molecular flexibility index (Phi) is 6.92. The van der Waals surface area contributed by atoms with Gasteiger partial charge < -0.3 is 10.1 Å². The van der Waals surface area contributed by atoms with Crippen molar-refractivity contribution in [2.45, 2.75) is 46.6 Å². The largest absolute Gasteiger partial charge is 0.462 e. The highest BCUT2D eigenvalue weighted by Crippen LogP contribution is 2.40. The molecule has 0 bridgehead atoms. The van der Waals surface area contributed by atoms with Gasteiger partial charge in [0.1, 0.15) is 10.7 Å². The summed E-state index contributed by atoms with van der Waals surface area (Å²) in [6.07, 6.45) is 4.19. The number of thiophene rings is 1. The topological polar surface area (TPSA) is 85.2 Å². The van der Waals surface area contributed by atoms with Crippen LogP contribution in [0.25, 0.3) is 0 Å². The zero-order valence-electron chi connectivity index (χ0n) is 16.5. The quantitative estimate of drug-likeness (QED) is 0.523. The van der Waals surface area contributed by atoms with E-state index in [1.54, 1.807) is 6.92 Å². The lowest BCUT2D eigenvalue weighted by Gasteiger charge is -2.18. The van der Waals surface area contributed by atoms with Crippen molar-refractivity contribution in [2.24, 2.45) is 5.92 Å². The summed E-state index contributed by atoms with van der Waals surface area (Å²) in [5, 5.41) is 10.6. The van der Waals surface area contributed by atoms with E-state index in [0.717, 1.165) is 29.7 Å². The van der Waals surface area contributed by atoms with Gasteiger partial charge in [0.2, 0.25) is 0 Å². The second-order valence-electron chi connectivity index (χ2n) is 6.84. The predicted molar refractivity (Wildman–Crippen MR) is 118 cm³/mol. The van der Waals surface area contributed by atoms with E-state index in [2.05, 4.69) is 22.7 Å². The number of carbonyl (C=O) groups excluding carboxylic acids is 2. The van der Waals surface area contributed by atoms with Crippen molar-refractivity contribution in [1.82, 2.24) is 15.1 Å². The zero-order valence-corrected chi connectivity index (χ0v) is 18.9. The lowest BCUT2D eigenvalue weighted by Crippen LogP contribution is -2.35. The normalized spacial score (nSPS) is 15.5. The van der Waals surface area contributed by atoms with E-state index in [1.807, 2.05) is 6.92 Å². The van der Waals surface area contributed by atoms with Crippen molar-refractivity contribution in [2.75, 3.05) is 11.9 Å². The zero-order chi connectivity index (χ0) is 21.1. The summed E-state index contributed by atoms with van der Waals surface area (Å²) in [7, 11) is 0. The van der Waals surface area contributed by atoms with Gasteiger partial charge in [-0.3, -0.25) is 14.8 Å². The number of thiocarbonyl (C=S) groups is 1. The Morgan fingerprint density at radius 3 is 2.90 bits per heavy atom. The Morgan fingerprint density at radius 1 is 1.45 bits per heavy atom. The molecule has 7 nitrogen and oxygen atoms in total. The van der Waals surface area contributed by atoms with Gasteiger partial charge in [-0.05, 0) is 56.8 Å². The van der Waals surface area contributed by atoms with Crippen LogP contribution in [-0.4, -0.2) is 33.4 Å². The Bertz CT molecular complexity index is 954. The van der Waals surface area contributed by atoms with E-state index < -0.39 is 5.91 Å². The van der Waals surface area contributed by atoms with Gasteiger partial charge in [0.15, 0.2) is 5.11 Å². The maximum Gasteiger partial charge on any atom is 0.341 e. The van der Waals surface area contributed by atoms with Crippen molar-refractivity contribution < 1.29 is 14.3 Å². The van der Waals surface area contributed by atoms with E-state index in [-0.39, 0.29) is 21.8 Å². The van der Waals surface area contributed by atoms with Crippen molar-refractivity contribution >= 4 is 57.1 Å². The molecule has 2 aromatic rings. The first-order valence-corrected chi connectivity index (χ1v) is 11.1. The number of carbonyl (C=O) groups is 2. The lowest BCUT2D eigenvalue weighted by molar-refractivity contribution is 0.0526. The third-order valence-corrected chi connectivity index (χ3v) is 6.41. The minimum absolute atomic E-state index is 0.0899. The SMILES string of the molecule is CCOC(=O)c1c(NC(=S)NC(=O)c2c(Cl)cnn2CC)sc2c1CCC(C)C2. The highest BCUT2D eigenvalue weighted by molar-refractivity contribution is 7.80. The average Bonchev–Trinajstić information content (AvgIpc) is 3.20. The summed E-state index contributed by atoms with van der Waals surface area (Å²) in [5.41, 5.74) is 1.78. The van der Waals surface area contributed by atoms with Gasteiger partial charge in [-0.2, -0.15) is 5.10 Å². The number of nitrogens with zero attached hydrogens (tertiary/aromatic N) is 2. The third kappa shape index (κ3) is 4.62. The molecule has 2 N–H and O–H groups in total. The van der Waals surface area contributed by atoms with Gasteiger partial charge in [-0.1, -0.05) is 18.5 Å². The fourth-order valence-electron chi connectivity index (χ4n) is 3.38. The molecule has 3 rings (SSSR count). The molecule has 0 radical (unpaired) electrons. The highest BCUT2D eigenvalue weighted by Gasteiger charge is 2.29. The Balaban J connectivity index is 1.82. The van der Waals surface area contributed by atoms with Crippen LogP contribution in [0.3, 0.4) is 0 Å². The van der Waals surface area contributed by atoms with Gasteiger partial charge in [-0.25, -0.2) is 4.79 Å². The summed E-state index contributed by atoms with van der Waals surface area (Å²) in [4.78, 5) is 26.3. The summed E-state index contributed by atoms with van der Waals surface area (Å²) in [5.74, 6) is -0.269. The number of amides is 1. The maximum absolute atomic E-state index is 12.6. The maximum atomic E-state index is 12.6. The van der Waals surface area contributed by atoms with E-state index in [1.165, 1.54) is 22.2 Å². The van der Waals surface area contributed by atoms with Crippen LogP contribution in [0.1, 0.15) is 58.5 Å². The highest BCUT2D eigenvalue weighted by atomic mass is 35.5. The molecule has 10 heteroatoms. The molecule has 0 saturated carbocycles. The number of nitrogens with one attached hydrogen (secondary N) is 2. The van der Waals surface area contributed by atoms with Gasteiger partial charge in [0.25, 0.3) is 5.91 Å². The second-order valence-corrected chi connectivity index (χ2v) is 8.76. The smallest absolute Gasteiger partial charge is 0.341 e. The molecular weight excluding hydrogens is 432 g/mol. The molecule has 1 aliphatic rings. The van der Waals surface area contributed by atoms with Crippen LogP contribution in [0.2, 0.25) is 5.02 Å². The molecule has 1 unspecified atom stereocenters. The number of hydrogen-bond acceptors (Lipinski definition) is 6. The number of halogens is 1. The molecule has 2 heterocycles. The number of aromatic nitrogens is 2. The first-order valence-electron chi connectivity index (χ1n) is 9.50. The van der Waals surface area contributed by atoms with Crippen LogP contribution in [0, 0.1) is 5.92 Å². The van der Waals surface area contributed by atoms with E-state index in [0.29, 0.717) is 29.6 Å². The van der Waals surface area contributed by atoms with Crippen LogP contribution in [0.15, 0.2) is 6.20 Å². The van der Waals surface area contributed by atoms with Crippen LogP contribution in [0.4, 0.5) is 5.00 Å². The molecule has 1 aliphatic carbocycles. The van der Waals surface area contributed by atoms with Crippen LogP contribution >= 0.6 is 35.2 Å². The molecule has 0 spiro atoms. The fraction of sp³-hybridized carbons (Fsp3) is 0.474. The van der Waals surface area contributed by atoms with Crippen molar-refractivity contribution in [1.29, 1.82) is 0 Å². The van der Waals surface area contributed by atoms with Crippen LogP contribution in [-0.2, 0) is 24.1 Å². The monoisotopic (exact) mass is 454 g/mol. The Morgan fingerprint density at radius 2 is 2.21 bits per heavy atom. The molecule has 1 atom stereocenters. The summed E-state index contributed by atoms with van der Waals surface area (Å²) < 4.78 is 6.75. The van der Waals surface area contributed by atoms with Crippen LogP contribution in [0.5, 0.6) is 0 Å². The fourth-order valence-corrected chi connectivity index (χ4v) is 5.27. The van der Waals surface area contributed by atoms with Crippen molar-refractivity contribution in [3.63, 3.8) is 0 Å². The lowest BCUT2D eigenvalue weighted by atomic mass is 9.88. The first kappa shape index (κ1) is 21.7. The third-order valence-electron chi connectivity index (χ3n) is 4.75. The van der Waals surface area contributed by atoms with Gasteiger partial charge in [-0.15, -0.1) is 11.3 Å². The summed E-state index contributed by atoms with van der Waals surface area (Å²) in [6, 6.07) is 0. The summed E-state index contributed by atoms with van der Waals surface area (Å²) in [6.45, 7) is 6.63. The standard InChI is InChI=1S/C19H23ClN4O3S2/c1-4-24-15(12(20)9-21-24)16(25)22-19(28)23-17-14(18(26)27-5-2)11-7-6-10(3)8-13(11)29-17/h9-10H,4-8H2,1-3H3,(H2,22,23,25,28). The Hall–Kier alpha value is -1.97. The average molecular weight is 455 g/mol. The minimum Gasteiger partial charge on any atom is -0.462 e. The van der Waals surface area contributed by atoms with Crippen molar-refractivity contribution in [3.8, 4) is 0 Å². The molecule has 0 aromatic carbocycles. The number of ether oxygens (including phenoxy) is 1. The number of esters is 1. The molecule has 2 aromatic heterocycles. The Labute approximate surface area is 183 Å². The van der Waals surface area contributed by atoms with E-state index >= 15 is 0 Å². The number of hydrogen-bond donors (Lipinski definition) is 2. The number of anilines is 1. The molecule has 29 heavy (non-hydrogen) atoms. The predicted octanol–water partition coefficient (Wildman–Crippen LogP) is 4.05. The number of fused-ring (bicyclic) bond motifs is 1. The minimum atomic E-state index is -0.459. The number of rotatable bonds is 5. The van der Waals surface area contributed by atoms with Crippen LogP contribution < -0.4 is 10.6 Å². The van der Waals surface area contributed by atoms with Gasteiger partial charge >= 0.3 is 5.97 Å². The van der Waals surface area contributed by atoms with E-state index in [4.69, 9.17) is 28.6 Å². The van der Waals surface area contributed by atoms with E-state index in [9.17, 15) is 9.59 Å². The molecular formula is C19H23ClN4O3S2. The number of aryl methyl sites for hydroxylation is 1. The molecule has 0 fully saturated rings. The molecule has 1 amide bonds. The van der Waals surface area contributed by atoms with Gasteiger partial charge in [0.05, 0.1) is 23.4 Å². The molecule has 0 saturated heterocycles. The second kappa shape index (κ2) is 9.23. The summed E-state index contributed by atoms with van der Waals surface area (Å²) >= 11 is 12.9. The van der Waals surface area contributed by atoms with Gasteiger partial charge in [0, 0.05) is 11.4 Å². The molecule has 156 valence electrons. The molecule has 0 aliphatic heterocycles. The van der Waals surface area contributed by atoms with Crippen molar-refractivity contribution in [3.05, 3.63) is 32.9 Å². The first-order chi connectivity index (χ1) is 13.8.